The monoisotopic (exact) mass is 581 g/mol. The van der Waals surface area contributed by atoms with Crippen LogP contribution in [0.25, 0.3) is 27.5 Å². The lowest BCUT2D eigenvalue weighted by atomic mass is 10.00. The second-order valence-corrected chi connectivity index (χ2v) is 12.3. The molecule has 4 aromatic rings. The van der Waals surface area contributed by atoms with Crippen LogP contribution in [0.5, 0.6) is 0 Å². The minimum Gasteiger partial charge on any atom is -0.465 e. The summed E-state index contributed by atoms with van der Waals surface area (Å²) in [5.41, 5.74) is 3.53. The molecule has 1 aliphatic heterocycles. The van der Waals surface area contributed by atoms with Crippen LogP contribution in [0.2, 0.25) is 0 Å². The van der Waals surface area contributed by atoms with Gasteiger partial charge in [0, 0.05) is 28.3 Å². The molecule has 0 aliphatic carbocycles. The van der Waals surface area contributed by atoms with Crippen molar-refractivity contribution in [2.24, 2.45) is 0 Å². The molecule has 0 radical (unpaired) electrons. The SMILES string of the molecule is COC(=O)c1cc(N(C(=O)OC(C)(C)C)C2CCNCC2)c(C)c2nc(C(C)C)n(-c3ccc(C#N)c4ccccc34)c12. The molecule has 1 amide bonds. The van der Waals surface area contributed by atoms with Crippen LogP contribution in [0, 0.1) is 18.3 Å². The summed E-state index contributed by atoms with van der Waals surface area (Å²) in [6.45, 7) is 13.1. The number of nitriles is 1. The molecule has 0 spiro atoms. The number of nitrogens with one attached hydrogen (secondary N) is 1. The van der Waals surface area contributed by atoms with Crippen LogP contribution >= 0.6 is 0 Å². The molecule has 224 valence electrons. The van der Waals surface area contributed by atoms with Crippen LogP contribution in [0.4, 0.5) is 10.5 Å². The molecular weight excluding hydrogens is 542 g/mol. The van der Waals surface area contributed by atoms with Crippen LogP contribution in [0.1, 0.15) is 80.7 Å². The Morgan fingerprint density at radius 3 is 2.40 bits per heavy atom. The number of piperidine rings is 1. The van der Waals surface area contributed by atoms with Gasteiger partial charge in [-0.2, -0.15) is 5.26 Å². The minimum atomic E-state index is -0.700. The van der Waals surface area contributed by atoms with Crippen molar-refractivity contribution in [3.05, 3.63) is 65.0 Å². The topological polar surface area (TPSA) is 109 Å². The second-order valence-electron chi connectivity index (χ2n) is 12.3. The average Bonchev–Trinajstić information content (AvgIpc) is 3.38. The van der Waals surface area contributed by atoms with Crippen molar-refractivity contribution in [2.75, 3.05) is 25.1 Å². The van der Waals surface area contributed by atoms with Gasteiger partial charge < -0.3 is 14.8 Å². The second kappa shape index (κ2) is 11.7. The lowest BCUT2D eigenvalue weighted by molar-refractivity contribution is 0.0554. The zero-order valence-corrected chi connectivity index (χ0v) is 25.9. The minimum absolute atomic E-state index is 0.0125. The number of anilines is 1. The van der Waals surface area contributed by atoms with Crippen LogP contribution < -0.4 is 10.2 Å². The Labute approximate surface area is 252 Å². The summed E-state index contributed by atoms with van der Waals surface area (Å²) in [6, 6.07) is 15.4. The number of ether oxygens (including phenoxy) is 2. The van der Waals surface area contributed by atoms with E-state index in [1.807, 2.05) is 62.6 Å². The normalized spacial score (nSPS) is 14.2. The first kappa shape index (κ1) is 30.1. The number of fused-ring (bicyclic) bond motifs is 2. The van der Waals surface area contributed by atoms with Crippen molar-refractivity contribution in [3.8, 4) is 11.8 Å². The van der Waals surface area contributed by atoms with Gasteiger partial charge in [-0.15, -0.1) is 0 Å². The number of aromatic nitrogens is 2. The number of amides is 1. The third-order valence-corrected chi connectivity index (χ3v) is 7.89. The maximum Gasteiger partial charge on any atom is 0.415 e. The Bertz CT molecular complexity index is 1750. The highest BCUT2D eigenvalue weighted by molar-refractivity contribution is 6.08. The van der Waals surface area contributed by atoms with Gasteiger partial charge in [-0.1, -0.05) is 38.1 Å². The Hall–Kier alpha value is -4.42. The number of carbonyl (C=O) groups is 2. The summed E-state index contributed by atoms with van der Waals surface area (Å²) in [6.07, 6.45) is 1.03. The van der Waals surface area contributed by atoms with E-state index in [1.165, 1.54) is 7.11 Å². The number of methoxy groups -OCH3 is 1. The van der Waals surface area contributed by atoms with Crippen molar-refractivity contribution in [1.82, 2.24) is 14.9 Å². The maximum absolute atomic E-state index is 13.8. The smallest absolute Gasteiger partial charge is 0.415 e. The molecule has 1 saturated heterocycles. The van der Waals surface area contributed by atoms with Gasteiger partial charge in [0.2, 0.25) is 0 Å². The zero-order valence-electron chi connectivity index (χ0n) is 25.9. The van der Waals surface area contributed by atoms with Gasteiger partial charge in [-0.3, -0.25) is 9.47 Å². The van der Waals surface area contributed by atoms with E-state index in [4.69, 9.17) is 14.5 Å². The summed E-state index contributed by atoms with van der Waals surface area (Å²) < 4.78 is 13.2. The van der Waals surface area contributed by atoms with Crippen LogP contribution in [0.3, 0.4) is 0 Å². The average molecular weight is 582 g/mol. The Kier molecular flexibility index (Phi) is 8.17. The number of rotatable bonds is 5. The number of hydrogen-bond donors (Lipinski definition) is 1. The third-order valence-electron chi connectivity index (χ3n) is 7.89. The highest BCUT2D eigenvalue weighted by atomic mass is 16.6. The number of carbonyl (C=O) groups excluding carboxylic acids is 2. The van der Waals surface area contributed by atoms with E-state index in [0.29, 0.717) is 27.8 Å². The number of benzene rings is 3. The fourth-order valence-electron chi connectivity index (χ4n) is 5.92. The fourth-order valence-corrected chi connectivity index (χ4v) is 5.92. The van der Waals surface area contributed by atoms with E-state index in [0.717, 1.165) is 53.8 Å². The van der Waals surface area contributed by atoms with Crippen molar-refractivity contribution >= 4 is 39.6 Å². The highest BCUT2D eigenvalue weighted by Crippen LogP contribution is 2.39. The van der Waals surface area contributed by atoms with Gasteiger partial charge in [0.15, 0.2) is 0 Å². The van der Waals surface area contributed by atoms with E-state index in [2.05, 4.69) is 25.2 Å². The van der Waals surface area contributed by atoms with Crippen molar-refractivity contribution < 1.29 is 19.1 Å². The quantitative estimate of drug-likeness (QED) is 0.259. The van der Waals surface area contributed by atoms with Crippen LogP contribution in [-0.2, 0) is 9.47 Å². The zero-order chi connectivity index (χ0) is 31.1. The molecule has 0 bridgehead atoms. The van der Waals surface area contributed by atoms with Crippen molar-refractivity contribution in [1.29, 1.82) is 5.26 Å². The number of imidazole rings is 1. The molecular formula is C34H39N5O4. The molecule has 1 fully saturated rings. The first-order chi connectivity index (χ1) is 20.5. The summed E-state index contributed by atoms with van der Waals surface area (Å²) >= 11 is 0. The molecule has 0 unspecified atom stereocenters. The molecule has 1 aromatic heterocycles. The van der Waals surface area contributed by atoms with Gasteiger partial charge >= 0.3 is 12.1 Å². The third kappa shape index (κ3) is 5.55. The molecule has 0 saturated carbocycles. The first-order valence-corrected chi connectivity index (χ1v) is 14.8. The van der Waals surface area contributed by atoms with Crippen molar-refractivity contribution in [2.45, 2.75) is 71.9 Å². The highest BCUT2D eigenvalue weighted by Gasteiger charge is 2.35. The van der Waals surface area contributed by atoms with E-state index < -0.39 is 17.7 Å². The molecule has 5 rings (SSSR count). The molecule has 1 aliphatic rings. The van der Waals surface area contributed by atoms with E-state index >= 15 is 0 Å². The summed E-state index contributed by atoms with van der Waals surface area (Å²) in [7, 11) is 1.35. The van der Waals surface area contributed by atoms with Crippen LogP contribution in [0.15, 0.2) is 42.5 Å². The van der Waals surface area contributed by atoms with Gasteiger partial charge in [0.25, 0.3) is 0 Å². The molecule has 2 heterocycles. The van der Waals surface area contributed by atoms with E-state index in [1.54, 1.807) is 17.0 Å². The standard InChI is InChI=1S/C34H39N5O4/c1-20(2)31-37-29-21(3)28(38(23-14-16-36-17-15-23)33(41)43-34(4,5)6)18-26(32(40)42-7)30(29)39(31)27-13-12-22(19-35)24-10-8-9-11-25(24)27/h8-13,18,20,23,36H,14-17H2,1-7H3. The number of nitrogens with zero attached hydrogens (tertiary/aromatic N) is 4. The van der Waals surface area contributed by atoms with E-state index in [-0.39, 0.29) is 12.0 Å². The molecule has 43 heavy (non-hydrogen) atoms. The first-order valence-electron chi connectivity index (χ1n) is 14.8. The summed E-state index contributed by atoms with van der Waals surface area (Å²) in [4.78, 5) is 34.2. The Morgan fingerprint density at radius 2 is 1.79 bits per heavy atom. The van der Waals surface area contributed by atoms with Gasteiger partial charge in [0.05, 0.1) is 46.7 Å². The summed E-state index contributed by atoms with van der Waals surface area (Å²) in [5, 5.41) is 14.8. The lowest BCUT2D eigenvalue weighted by Gasteiger charge is -2.36. The summed E-state index contributed by atoms with van der Waals surface area (Å²) in [5.74, 6) is 0.206. The largest absolute Gasteiger partial charge is 0.465 e. The predicted octanol–water partition coefficient (Wildman–Crippen LogP) is 6.76. The predicted molar refractivity (Wildman–Crippen MR) is 168 cm³/mol. The van der Waals surface area contributed by atoms with Gasteiger partial charge in [0.1, 0.15) is 11.4 Å². The Balaban J connectivity index is 1.86. The Morgan fingerprint density at radius 1 is 1.12 bits per heavy atom. The molecule has 0 atom stereocenters. The molecule has 3 aromatic carbocycles. The van der Waals surface area contributed by atoms with E-state index in [9.17, 15) is 14.9 Å². The number of esters is 1. The fraction of sp³-hybridized carbons (Fsp3) is 0.412. The molecule has 1 N–H and O–H groups in total. The number of aryl methyl sites for hydroxylation is 1. The molecule has 9 nitrogen and oxygen atoms in total. The van der Waals surface area contributed by atoms with Gasteiger partial charge in [-0.25, -0.2) is 14.6 Å². The molecule has 9 heteroatoms. The lowest BCUT2D eigenvalue weighted by Crippen LogP contribution is -2.48. The van der Waals surface area contributed by atoms with Crippen molar-refractivity contribution in [3.63, 3.8) is 0 Å². The maximum atomic E-state index is 13.8. The number of hydrogen-bond acceptors (Lipinski definition) is 7. The van der Waals surface area contributed by atoms with Gasteiger partial charge in [-0.05, 0) is 71.8 Å². The van der Waals surface area contributed by atoms with Crippen LogP contribution in [-0.4, -0.2) is 53.5 Å².